The van der Waals surface area contributed by atoms with Gasteiger partial charge in [-0.3, -0.25) is 0 Å². The number of halogens is 4. The zero-order valence-electron chi connectivity index (χ0n) is 4.01. The second-order valence-corrected chi connectivity index (χ2v) is 2.54. The second-order valence-electron chi connectivity index (χ2n) is 0.429. The molecule has 0 amide bonds. The predicted molar refractivity (Wildman–Crippen MR) is 5.54 cm³/mol. The van der Waals surface area contributed by atoms with E-state index in [2.05, 4.69) is 0 Å². The van der Waals surface area contributed by atoms with Gasteiger partial charge in [-0.15, -0.1) is 0 Å². The van der Waals surface area contributed by atoms with E-state index in [1.807, 2.05) is 0 Å². The predicted octanol–water partition coefficient (Wildman–Crippen LogP) is -1.21. The Bertz CT molecular complexity index is 27.2. The Morgan fingerprint density at radius 2 is 1.00 bits per heavy atom. The fraction of sp³-hybridized carbons (Fsp3) is 0. The second kappa shape index (κ2) is 3.23. The van der Waals surface area contributed by atoms with E-state index in [-0.39, 0.29) is 20.3 Å². The summed E-state index contributed by atoms with van der Waals surface area (Å²) < 4.78 is 39.6. The third-order valence-corrected chi connectivity index (χ3v) is 0. The Hall–Kier alpha value is 1.20. The van der Waals surface area contributed by atoms with Gasteiger partial charge < -0.3 is 1.43 Å². The van der Waals surface area contributed by atoms with Gasteiger partial charge in [0.05, 0.1) is 0 Å². The van der Waals surface area contributed by atoms with Crippen molar-refractivity contribution in [1.82, 2.24) is 0 Å². The minimum absolute atomic E-state index is 0. The molecule has 0 aliphatic carbocycles. The van der Waals surface area contributed by atoms with Crippen LogP contribution in [-0.2, 0) is 22.7 Å². The number of rotatable bonds is 0. The van der Waals surface area contributed by atoms with Crippen molar-refractivity contribution < 1.29 is 53.5 Å². The molecule has 0 aromatic rings. The summed E-state index contributed by atoms with van der Waals surface area (Å²) in [5.41, 5.74) is 0. The van der Waals surface area contributed by atoms with E-state index < -0.39 is 22.7 Å². The Labute approximate surface area is 53.5 Å². The van der Waals surface area contributed by atoms with Crippen molar-refractivity contribution in [2.45, 2.75) is 0 Å². The molecule has 0 atom stereocenters. The SMILES string of the molecule is [F][Zr]([F])([F])[F].[H-].[Li+]. The van der Waals surface area contributed by atoms with Crippen LogP contribution in [0.15, 0.2) is 0 Å². The van der Waals surface area contributed by atoms with Gasteiger partial charge in [-0.1, -0.05) is 0 Å². The average molecular weight is 175 g/mol. The normalized spacial score (nSPS) is 10.0. The topological polar surface area (TPSA) is 0 Å². The van der Waals surface area contributed by atoms with Gasteiger partial charge in [0, 0.05) is 0 Å². The summed E-state index contributed by atoms with van der Waals surface area (Å²) in [6.45, 7) is 0. The molecule has 6 heavy (non-hydrogen) atoms. The monoisotopic (exact) mass is 174 g/mol. The largest absolute Gasteiger partial charge is 1.00 e. The summed E-state index contributed by atoms with van der Waals surface area (Å²) >= 11 is -7.18. The Morgan fingerprint density at radius 1 is 1.00 bits per heavy atom. The van der Waals surface area contributed by atoms with E-state index >= 15 is 0 Å². The fourth-order valence-electron chi connectivity index (χ4n) is 0. The van der Waals surface area contributed by atoms with Gasteiger partial charge in [-0.05, 0) is 0 Å². The number of hydrogen-bond donors (Lipinski definition) is 0. The van der Waals surface area contributed by atoms with Crippen LogP contribution in [0, 0.1) is 0 Å². The summed E-state index contributed by atoms with van der Waals surface area (Å²) in [6, 6.07) is 0. The van der Waals surface area contributed by atoms with Gasteiger partial charge in [-0.2, -0.15) is 0 Å². The van der Waals surface area contributed by atoms with E-state index in [0.717, 1.165) is 0 Å². The van der Waals surface area contributed by atoms with Crippen molar-refractivity contribution in [3.8, 4) is 0 Å². The third kappa shape index (κ3) is 63.7. The third-order valence-electron chi connectivity index (χ3n) is 0. The van der Waals surface area contributed by atoms with E-state index in [1.165, 1.54) is 0 Å². The Kier molecular flexibility index (Phi) is 5.52. The van der Waals surface area contributed by atoms with Crippen LogP contribution in [0.3, 0.4) is 0 Å². The number of hydrogen-bond acceptors (Lipinski definition) is 0. The van der Waals surface area contributed by atoms with Crippen LogP contribution in [-0.4, -0.2) is 0 Å². The molecular weight excluding hydrogens is 174 g/mol. The Morgan fingerprint density at radius 3 is 1.00 bits per heavy atom. The molecule has 0 rings (SSSR count). The van der Waals surface area contributed by atoms with Gasteiger partial charge in [0.15, 0.2) is 0 Å². The minimum atomic E-state index is -7.18. The zero-order valence-corrected chi connectivity index (χ0v) is 5.47. The van der Waals surface area contributed by atoms with Crippen molar-refractivity contribution in [1.29, 1.82) is 0 Å². The van der Waals surface area contributed by atoms with E-state index in [9.17, 15) is 10.5 Å². The summed E-state index contributed by atoms with van der Waals surface area (Å²) in [6.07, 6.45) is 0. The summed E-state index contributed by atoms with van der Waals surface area (Å²) in [5.74, 6) is 0. The van der Waals surface area contributed by atoms with Crippen LogP contribution in [0.4, 0.5) is 10.5 Å². The Balaban J connectivity index is -0.0000000800. The van der Waals surface area contributed by atoms with Gasteiger partial charge in [0.2, 0.25) is 0 Å². The van der Waals surface area contributed by atoms with Crippen molar-refractivity contribution >= 4 is 0 Å². The maximum absolute atomic E-state index is 9.90. The van der Waals surface area contributed by atoms with Gasteiger partial charge in [0.1, 0.15) is 0 Å². The molecule has 0 saturated heterocycles. The smallest absolute Gasteiger partial charge is 1.00 e. The maximum atomic E-state index is 9.90. The van der Waals surface area contributed by atoms with E-state index in [0.29, 0.717) is 0 Å². The van der Waals surface area contributed by atoms with Crippen molar-refractivity contribution in [3.63, 3.8) is 0 Å². The first-order chi connectivity index (χ1) is 2.00. The minimum Gasteiger partial charge on any atom is -1.00 e. The molecule has 0 aromatic heterocycles. The molecule has 6 heteroatoms. The molecule has 0 aliphatic heterocycles. The van der Waals surface area contributed by atoms with E-state index in [1.54, 1.807) is 0 Å². The van der Waals surface area contributed by atoms with Crippen LogP contribution < -0.4 is 18.9 Å². The first-order valence-corrected chi connectivity index (χ1v) is 4.47. The standard InChI is InChI=1S/4FH.Li.Zr.H/h4*1H;;;/q;;;;+1;+4;-1/p-4. The summed E-state index contributed by atoms with van der Waals surface area (Å²) in [5, 5.41) is 0. The molecule has 0 heterocycles. The molecular formula is HF4LiZr. The molecule has 0 aliphatic rings. The molecule has 0 unspecified atom stereocenters. The molecule has 0 bridgehead atoms. The summed E-state index contributed by atoms with van der Waals surface area (Å²) in [4.78, 5) is 0. The van der Waals surface area contributed by atoms with Gasteiger partial charge in [-0.25, -0.2) is 0 Å². The molecule has 0 N–H and O–H groups in total. The van der Waals surface area contributed by atoms with E-state index in [4.69, 9.17) is 0 Å². The van der Waals surface area contributed by atoms with Crippen LogP contribution in [0.2, 0.25) is 0 Å². The van der Waals surface area contributed by atoms with Crippen molar-refractivity contribution in [2.75, 3.05) is 0 Å². The molecule has 0 nitrogen and oxygen atoms in total. The van der Waals surface area contributed by atoms with Crippen molar-refractivity contribution in [3.05, 3.63) is 0 Å². The van der Waals surface area contributed by atoms with Crippen LogP contribution in [0.1, 0.15) is 1.43 Å². The molecule has 0 saturated carbocycles. The summed E-state index contributed by atoms with van der Waals surface area (Å²) in [7, 11) is 0. The van der Waals surface area contributed by atoms with Crippen LogP contribution in [0.5, 0.6) is 0 Å². The van der Waals surface area contributed by atoms with Crippen molar-refractivity contribution in [2.24, 2.45) is 0 Å². The quantitative estimate of drug-likeness (QED) is 0.320. The first-order valence-electron chi connectivity index (χ1n) is 0.756. The van der Waals surface area contributed by atoms with Crippen LogP contribution >= 0.6 is 0 Å². The molecule has 0 radical (unpaired) electrons. The van der Waals surface area contributed by atoms with Gasteiger partial charge >= 0.3 is 52.1 Å². The molecule has 0 fully saturated rings. The fourth-order valence-corrected chi connectivity index (χ4v) is 0. The average Bonchev–Trinajstić information content (AvgIpc) is 0.722. The molecule has 34 valence electrons. The molecule has 0 spiro atoms. The van der Waals surface area contributed by atoms with Crippen LogP contribution in [0.25, 0.3) is 0 Å². The molecule has 0 aromatic carbocycles. The first kappa shape index (κ1) is 10.2. The van der Waals surface area contributed by atoms with Gasteiger partial charge in [0.25, 0.3) is 0 Å². The maximum Gasteiger partial charge on any atom is 1.00 e. The zero-order chi connectivity index (χ0) is 4.50.